The molecule has 0 radical (unpaired) electrons. The fourth-order valence-corrected chi connectivity index (χ4v) is 3.38. The lowest BCUT2D eigenvalue weighted by atomic mass is 10.0. The maximum absolute atomic E-state index is 12.4. The number of carbonyl (C=O) groups excluding carboxylic acids is 2. The third-order valence-corrected chi connectivity index (χ3v) is 4.66. The van der Waals surface area contributed by atoms with E-state index in [1.54, 1.807) is 18.2 Å². The fourth-order valence-electron chi connectivity index (χ4n) is 3.38. The summed E-state index contributed by atoms with van der Waals surface area (Å²) in [5.74, 6) is 0.393. The molecule has 29 heavy (non-hydrogen) atoms. The van der Waals surface area contributed by atoms with Crippen molar-refractivity contribution in [2.75, 3.05) is 31.2 Å². The van der Waals surface area contributed by atoms with E-state index in [0.717, 1.165) is 25.1 Å². The maximum atomic E-state index is 12.4. The zero-order chi connectivity index (χ0) is 20.6. The van der Waals surface area contributed by atoms with Gasteiger partial charge in [0.2, 0.25) is 0 Å². The van der Waals surface area contributed by atoms with Gasteiger partial charge in [0.15, 0.2) is 11.5 Å². The Morgan fingerprint density at radius 3 is 2.55 bits per heavy atom. The quantitative estimate of drug-likeness (QED) is 0.703. The molecule has 1 aliphatic heterocycles. The van der Waals surface area contributed by atoms with Gasteiger partial charge in [-0.3, -0.25) is 20.4 Å². The predicted octanol–water partition coefficient (Wildman–Crippen LogP) is 2.70. The third kappa shape index (κ3) is 5.19. The number of carbonyl (C=O) groups is 2. The van der Waals surface area contributed by atoms with Crippen LogP contribution in [0.3, 0.4) is 0 Å². The molecule has 154 valence electrons. The molecule has 0 atom stereocenters. The number of aryl methyl sites for hydroxylation is 1. The number of para-hydroxylation sites is 1. The number of fused-ring (bicyclic) bond motifs is 1. The Hall–Kier alpha value is -3.22. The number of ether oxygens (including phenoxy) is 2. The monoisotopic (exact) mass is 397 g/mol. The zero-order valence-corrected chi connectivity index (χ0v) is 16.9. The van der Waals surface area contributed by atoms with Crippen LogP contribution >= 0.6 is 0 Å². The predicted molar refractivity (Wildman–Crippen MR) is 111 cm³/mol. The highest BCUT2D eigenvalue weighted by Gasteiger charge is 2.19. The number of nitrogens with zero attached hydrogens (tertiary/aromatic N) is 1. The van der Waals surface area contributed by atoms with Crippen LogP contribution in [0, 0.1) is 0 Å². The van der Waals surface area contributed by atoms with E-state index < -0.39 is 5.91 Å². The van der Waals surface area contributed by atoms with Crippen molar-refractivity contribution in [3.05, 3.63) is 53.6 Å². The standard InChI is InChI=1S/C22H27N3O4/c1-3-28-19-12-11-17(14-20(19)29-4-2)22(27)24-23-21(26)15-25-13-7-9-16-8-5-6-10-18(16)25/h5-6,8,10-12,14H,3-4,7,9,13,15H2,1-2H3,(H,23,26)(H,24,27). The first-order chi connectivity index (χ1) is 14.1. The van der Waals surface area contributed by atoms with Gasteiger partial charge < -0.3 is 14.4 Å². The van der Waals surface area contributed by atoms with Crippen molar-refractivity contribution >= 4 is 17.5 Å². The summed E-state index contributed by atoms with van der Waals surface area (Å²) in [5, 5.41) is 0. The van der Waals surface area contributed by atoms with Crippen molar-refractivity contribution < 1.29 is 19.1 Å². The van der Waals surface area contributed by atoms with Gasteiger partial charge in [-0.2, -0.15) is 0 Å². The summed E-state index contributed by atoms with van der Waals surface area (Å²) in [6.07, 6.45) is 2.02. The molecule has 0 saturated heterocycles. The van der Waals surface area contributed by atoms with Crippen molar-refractivity contribution in [1.29, 1.82) is 0 Å². The van der Waals surface area contributed by atoms with Gasteiger partial charge >= 0.3 is 0 Å². The summed E-state index contributed by atoms with van der Waals surface area (Å²) in [7, 11) is 0. The topological polar surface area (TPSA) is 79.9 Å². The molecule has 2 amide bonds. The van der Waals surface area contributed by atoms with Gasteiger partial charge in [0.05, 0.1) is 19.8 Å². The minimum atomic E-state index is -0.415. The second kappa shape index (κ2) is 9.82. The zero-order valence-electron chi connectivity index (χ0n) is 16.9. The van der Waals surface area contributed by atoms with Crippen LogP contribution in [-0.2, 0) is 11.2 Å². The highest BCUT2D eigenvalue weighted by molar-refractivity contribution is 5.96. The Kier molecular flexibility index (Phi) is 6.94. The molecule has 2 N–H and O–H groups in total. The van der Waals surface area contributed by atoms with E-state index in [9.17, 15) is 9.59 Å². The lowest BCUT2D eigenvalue weighted by Crippen LogP contribution is -2.47. The molecule has 7 nitrogen and oxygen atoms in total. The summed E-state index contributed by atoms with van der Waals surface area (Å²) >= 11 is 0. The number of benzene rings is 2. The molecule has 7 heteroatoms. The number of hydrogen-bond acceptors (Lipinski definition) is 5. The van der Waals surface area contributed by atoms with Crippen LogP contribution in [0.5, 0.6) is 11.5 Å². The van der Waals surface area contributed by atoms with E-state index in [1.165, 1.54) is 5.56 Å². The lowest BCUT2D eigenvalue weighted by Gasteiger charge is -2.30. The van der Waals surface area contributed by atoms with Crippen LogP contribution in [0.4, 0.5) is 5.69 Å². The summed E-state index contributed by atoms with van der Waals surface area (Å²) < 4.78 is 11.0. The number of hydrazine groups is 1. The normalized spacial score (nSPS) is 12.7. The van der Waals surface area contributed by atoms with Crippen LogP contribution in [0.1, 0.15) is 36.2 Å². The summed E-state index contributed by atoms with van der Waals surface area (Å²) in [5.41, 5.74) is 7.67. The Morgan fingerprint density at radius 1 is 1.00 bits per heavy atom. The van der Waals surface area contributed by atoms with Crippen LogP contribution < -0.4 is 25.2 Å². The van der Waals surface area contributed by atoms with Crippen molar-refractivity contribution in [3.63, 3.8) is 0 Å². The minimum absolute atomic E-state index is 0.185. The molecule has 1 aliphatic rings. The van der Waals surface area contributed by atoms with Gasteiger partial charge in [0.1, 0.15) is 0 Å². The smallest absolute Gasteiger partial charge is 0.269 e. The molecule has 0 fully saturated rings. The van der Waals surface area contributed by atoms with Crippen molar-refractivity contribution in [3.8, 4) is 11.5 Å². The summed E-state index contributed by atoms with van der Waals surface area (Å²) in [4.78, 5) is 26.8. The van der Waals surface area contributed by atoms with Gasteiger partial charge in [-0.25, -0.2) is 0 Å². The first-order valence-electron chi connectivity index (χ1n) is 9.94. The number of hydrogen-bond donors (Lipinski definition) is 2. The highest BCUT2D eigenvalue weighted by Crippen LogP contribution is 2.28. The lowest BCUT2D eigenvalue weighted by molar-refractivity contribution is -0.120. The largest absolute Gasteiger partial charge is 0.490 e. The van der Waals surface area contributed by atoms with Crippen LogP contribution in [0.25, 0.3) is 0 Å². The first kappa shape index (κ1) is 20.5. The molecular weight excluding hydrogens is 370 g/mol. The molecule has 0 aliphatic carbocycles. The number of amides is 2. The molecular formula is C22H27N3O4. The van der Waals surface area contributed by atoms with E-state index in [1.807, 2.05) is 36.9 Å². The van der Waals surface area contributed by atoms with Crippen molar-refractivity contribution in [2.45, 2.75) is 26.7 Å². The second-order valence-electron chi connectivity index (χ2n) is 6.68. The van der Waals surface area contributed by atoms with Crippen LogP contribution in [0.15, 0.2) is 42.5 Å². The molecule has 0 bridgehead atoms. The van der Waals surface area contributed by atoms with E-state index >= 15 is 0 Å². The molecule has 2 aromatic rings. The Balaban J connectivity index is 1.58. The van der Waals surface area contributed by atoms with Gasteiger partial charge in [0, 0.05) is 17.8 Å². The number of anilines is 1. The number of rotatable bonds is 7. The molecule has 0 saturated carbocycles. The highest BCUT2D eigenvalue weighted by atomic mass is 16.5. The van der Waals surface area contributed by atoms with E-state index in [0.29, 0.717) is 30.3 Å². The molecule has 1 heterocycles. The van der Waals surface area contributed by atoms with E-state index in [-0.39, 0.29) is 12.5 Å². The first-order valence-corrected chi connectivity index (χ1v) is 9.94. The minimum Gasteiger partial charge on any atom is -0.490 e. The van der Waals surface area contributed by atoms with Crippen molar-refractivity contribution in [1.82, 2.24) is 10.9 Å². The van der Waals surface area contributed by atoms with Crippen molar-refractivity contribution in [2.24, 2.45) is 0 Å². The summed E-state index contributed by atoms with van der Waals surface area (Å²) in [6, 6.07) is 13.0. The Bertz CT molecular complexity index is 869. The Morgan fingerprint density at radius 2 is 1.76 bits per heavy atom. The van der Waals surface area contributed by atoms with Crippen LogP contribution in [0.2, 0.25) is 0 Å². The average Bonchev–Trinajstić information content (AvgIpc) is 2.74. The van der Waals surface area contributed by atoms with E-state index in [2.05, 4.69) is 16.9 Å². The average molecular weight is 397 g/mol. The van der Waals surface area contributed by atoms with Gasteiger partial charge in [0.25, 0.3) is 11.8 Å². The molecule has 2 aromatic carbocycles. The molecule has 3 rings (SSSR count). The van der Waals surface area contributed by atoms with E-state index in [4.69, 9.17) is 9.47 Å². The molecule has 0 unspecified atom stereocenters. The van der Waals surface area contributed by atoms with Crippen LogP contribution in [-0.4, -0.2) is 38.1 Å². The molecule has 0 aromatic heterocycles. The van der Waals surface area contributed by atoms with Gasteiger partial charge in [-0.1, -0.05) is 18.2 Å². The third-order valence-electron chi connectivity index (χ3n) is 4.66. The van der Waals surface area contributed by atoms with Gasteiger partial charge in [-0.15, -0.1) is 0 Å². The molecule has 0 spiro atoms. The fraction of sp³-hybridized carbons (Fsp3) is 0.364. The second-order valence-corrected chi connectivity index (χ2v) is 6.68. The number of nitrogens with one attached hydrogen (secondary N) is 2. The van der Waals surface area contributed by atoms with Gasteiger partial charge in [-0.05, 0) is 56.5 Å². The SMILES string of the molecule is CCOc1ccc(C(=O)NNC(=O)CN2CCCc3ccccc32)cc1OCC. The summed E-state index contributed by atoms with van der Waals surface area (Å²) in [6.45, 7) is 5.70. The maximum Gasteiger partial charge on any atom is 0.269 e. The Labute approximate surface area is 171 Å².